The monoisotopic (exact) mass is 336 g/mol. The molecule has 2 aromatic carbocycles. The molecule has 0 aliphatic heterocycles. The van der Waals surface area contributed by atoms with Gasteiger partial charge in [0.05, 0.1) is 16.6 Å². The topological polar surface area (TPSA) is 42.0 Å². The lowest BCUT2D eigenvalue weighted by Crippen LogP contribution is -2.20. The third-order valence-corrected chi connectivity index (χ3v) is 4.77. The molecule has 0 fully saturated rings. The van der Waals surface area contributed by atoms with Gasteiger partial charge in [0.25, 0.3) is 0 Å². The van der Waals surface area contributed by atoms with Crippen molar-refractivity contribution in [2.45, 2.75) is 26.2 Å². The highest BCUT2D eigenvalue weighted by Crippen LogP contribution is 2.25. The second kappa shape index (κ2) is 7.41. The molecule has 0 bridgehead atoms. The Kier molecular flexibility index (Phi) is 5.06. The minimum atomic E-state index is -0.132. The van der Waals surface area contributed by atoms with Gasteiger partial charge < -0.3 is 5.32 Å². The summed E-state index contributed by atoms with van der Waals surface area (Å²) in [6.45, 7) is 4.03. The van der Waals surface area contributed by atoms with Crippen LogP contribution in [0.1, 0.15) is 29.8 Å². The summed E-state index contributed by atoms with van der Waals surface area (Å²) in [5.74, 6) is -0.104. The lowest BCUT2D eigenvalue weighted by atomic mass is 9.95. The Morgan fingerprint density at radius 3 is 2.42 bits per heavy atom. The summed E-state index contributed by atoms with van der Waals surface area (Å²) in [7, 11) is 0. The smallest absolute Gasteiger partial charge is 0.231 e. The number of hydrogen-bond donors (Lipinski definition) is 1. The van der Waals surface area contributed by atoms with Crippen LogP contribution >= 0.6 is 11.3 Å². The molecule has 4 heteroatoms. The number of hydrogen-bond acceptors (Lipinski definition) is 3. The zero-order valence-electron chi connectivity index (χ0n) is 13.8. The van der Waals surface area contributed by atoms with Crippen LogP contribution in [0.25, 0.3) is 11.3 Å². The number of thiazole rings is 1. The summed E-state index contributed by atoms with van der Waals surface area (Å²) in [4.78, 5) is 17.1. The minimum absolute atomic E-state index is 0.0287. The van der Waals surface area contributed by atoms with Crippen LogP contribution in [0.2, 0.25) is 0 Å². The molecule has 1 amide bonds. The second-order valence-corrected chi connectivity index (χ2v) is 6.75. The van der Waals surface area contributed by atoms with E-state index in [1.807, 2.05) is 73.8 Å². The van der Waals surface area contributed by atoms with E-state index in [-0.39, 0.29) is 11.8 Å². The molecule has 0 spiro atoms. The van der Waals surface area contributed by atoms with Gasteiger partial charge in [0.2, 0.25) is 5.91 Å². The normalized spacial score (nSPS) is 11.9. The predicted octanol–water partition coefficient (Wildman–Crippen LogP) is 5.25. The maximum Gasteiger partial charge on any atom is 0.231 e. The number of carbonyl (C=O) groups excluding carboxylic acids is 1. The number of anilines is 1. The molecular weight excluding hydrogens is 316 g/mol. The van der Waals surface area contributed by atoms with Crippen molar-refractivity contribution in [1.29, 1.82) is 0 Å². The first-order valence-corrected chi connectivity index (χ1v) is 8.93. The lowest BCUT2D eigenvalue weighted by Gasteiger charge is -2.15. The van der Waals surface area contributed by atoms with Crippen LogP contribution in [0.4, 0.5) is 5.69 Å². The van der Waals surface area contributed by atoms with E-state index < -0.39 is 0 Å². The van der Waals surface area contributed by atoms with E-state index in [4.69, 9.17) is 0 Å². The Hall–Kier alpha value is -2.46. The number of rotatable bonds is 5. The second-order valence-electron chi connectivity index (χ2n) is 5.69. The van der Waals surface area contributed by atoms with Gasteiger partial charge in [0.1, 0.15) is 0 Å². The molecule has 3 aromatic rings. The van der Waals surface area contributed by atoms with E-state index in [1.54, 1.807) is 11.3 Å². The molecule has 0 saturated heterocycles. The quantitative estimate of drug-likeness (QED) is 0.691. The average Bonchev–Trinajstić information content (AvgIpc) is 3.04. The van der Waals surface area contributed by atoms with Crippen LogP contribution in [0.15, 0.2) is 60.0 Å². The van der Waals surface area contributed by atoms with Crippen molar-refractivity contribution in [1.82, 2.24) is 4.98 Å². The molecule has 24 heavy (non-hydrogen) atoms. The van der Waals surface area contributed by atoms with Crippen LogP contribution in [0, 0.1) is 6.92 Å². The standard InChI is InChI=1S/C20H20N2OS/c1-3-18(15-7-5-4-6-8-15)20(23)22-17-11-9-16(10-12-17)19-13-24-14(2)21-19/h4-13,18H,3H2,1-2H3,(H,22,23)/t18-/m0/s1. The summed E-state index contributed by atoms with van der Waals surface area (Å²) in [5.41, 5.74) is 3.90. The van der Waals surface area contributed by atoms with Gasteiger partial charge in [0.15, 0.2) is 0 Å². The van der Waals surface area contributed by atoms with E-state index in [0.717, 1.165) is 33.9 Å². The van der Waals surface area contributed by atoms with Crippen molar-refractivity contribution in [3.05, 3.63) is 70.5 Å². The summed E-state index contributed by atoms with van der Waals surface area (Å²) >= 11 is 1.64. The zero-order valence-corrected chi connectivity index (χ0v) is 14.6. The predicted molar refractivity (Wildman–Crippen MR) is 100 cm³/mol. The number of carbonyl (C=O) groups is 1. The molecule has 0 radical (unpaired) electrons. The van der Waals surface area contributed by atoms with Crippen molar-refractivity contribution in [2.75, 3.05) is 5.32 Å². The number of aromatic nitrogens is 1. The minimum Gasteiger partial charge on any atom is -0.326 e. The maximum atomic E-state index is 12.6. The van der Waals surface area contributed by atoms with Crippen LogP contribution in [0.3, 0.4) is 0 Å². The molecule has 3 rings (SSSR count). The van der Waals surface area contributed by atoms with Gasteiger partial charge in [-0.1, -0.05) is 49.4 Å². The fraction of sp³-hybridized carbons (Fsp3) is 0.200. The molecular formula is C20H20N2OS. The fourth-order valence-corrected chi connectivity index (χ4v) is 3.33. The highest BCUT2D eigenvalue weighted by Gasteiger charge is 2.18. The number of amides is 1. The summed E-state index contributed by atoms with van der Waals surface area (Å²) < 4.78 is 0. The highest BCUT2D eigenvalue weighted by atomic mass is 32.1. The number of nitrogens with zero attached hydrogens (tertiary/aromatic N) is 1. The van der Waals surface area contributed by atoms with E-state index in [1.165, 1.54) is 0 Å². The van der Waals surface area contributed by atoms with Crippen molar-refractivity contribution in [3.63, 3.8) is 0 Å². The Bertz CT molecular complexity index is 809. The van der Waals surface area contributed by atoms with Crippen LogP contribution in [-0.4, -0.2) is 10.9 Å². The van der Waals surface area contributed by atoms with Crippen molar-refractivity contribution < 1.29 is 4.79 Å². The summed E-state index contributed by atoms with van der Waals surface area (Å²) in [5, 5.41) is 6.12. The zero-order chi connectivity index (χ0) is 16.9. The molecule has 1 aromatic heterocycles. The van der Waals surface area contributed by atoms with E-state index in [2.05, 4.69) is 10.3 Å². The molecule has 122 valence electrons. The fourth-order valence-electron chi connectivity index (χ4n) is 2.71. The molecule has 1 heterocycles. The van der Waals surface area contributed by atoms with Crippen molar-refractivity contribution >= 4 is 22.9 Å². The Balaban J connectivity index is 1.72. The number of benzene rings is 2. The van der Waals surface area contributed by atoms with Crippen LogP contribution in [-0.2, 0) is 4.79 Å². The van der Waals surface area contributed by atoms with Gasteiger partial charge >= 0.3 is 0 Å². The number of aryl methyl sites for hydroxylation is 1. The van der Waals surface area contributed by atoms with E-state index in [0.29, 0.717) is 0 Å². The molecule has 1 N–H and O–H groups in total. The number of nitrogens with one attached hydrogen (secondary N) is 1. The summed E-state index contributed by atoms with van der Waals surface area (Å²) in [6, 6.07) is 17.8. The van der Waals surface area contributed by atoms with Crippen LogP contribution in [0.5, 0.6) is 0 Å². The van der Waals surface area contributed by atoms with Gasteiger partial charge in [0, 0.05) is 16.6 Å². The first-order chi connectivity index (χ1) is 11.7. The molecule has 0 unspecified atom stereocenters. The van der Waals surface area contributed by atoms with E-state index in [9.17, 15) is 4.79 Å². The molecule has 1 atom stereocenters. The summed E-state index contributed by atoms with van der Waals surface area (Å²) in [6.07, 6.45) is 0.770. The molecule has 0 aliphatic carbocycles. The highest BCUT2D eigenvalue weighted by molar-refractivity contribution is 7.09. The van der Waals surface area contributed by atoms with Gasteiger partial charge in [-0.2, -0.15) is 0 Å². The molecule has 3 nitrogen and oxygen atoms in total. The third-order valence-electron chi connectivity index (χ3n) is 3.99. The Morgan fingerprint density at radius 2 is 1.83 bits per heavy atom. The molecule has 0 aliphatic rings. The van der Waals surface area contributed by atoms with Crippen molar-refractivity contribution in [3.8, 4) is 11.3 Å². The SMILES string of the molecule is CC[C@H](C(=O)Nc1ccc(-c2csc(C)n2)cc1)c1ccccc1. The largest absolute Gasteiger partial charge is 0.326 e. The van der Waals surface area contributed by atoms with Gasteiger partial charge in [-0.25, -0.2) is 4.98 Å². The van der Waals surface area contributed by atoms with E-state index >= 15 is 0 Å². The van der Waals surface area contributed by atoms with Crippen molar-refractivity contribution in [2.24, 2.45) is 0 Å². The lowest BCUT2D eigenvalue weighted by molar-refractivity contribution is -0.117. The first-order valence-electron chi connectivity index (χ1n) is 8.05. The first kappa shape index (κ1) is 16.4. The van der Waals surface area contributed by atoms with Gasteiger partial charge in [-0.05, 0) is 31.0 Å². The average molecular weight is 336 g/mol. The van der Waals surface area contributed by atoms with Gasteiger partial charge in [-0.3, -0.25) is 4.79 Å². The Labute approximate surface area is 146 Å². The maximum absolute atomic E-state index is 12.6. The Morgan fingerprint density at radius 1 is 1.12 bits per heavy atom. The van der Waals surface area contributed by atoms with Crippen LogP contribution < -0.4 is 5.32 Å². The third kappa shape index (κ3) is 3.71. The molecule has 0 saturated carbocycles. The van der Waals surface area contributed by atoms with Gasteiger partial charge in [-0.15, -0.1) is 11.3 Å².